The van der Waals surface area contributed by atoms with Crippen molar-refractivity contribution in [2.45, 2.75) is 78.1 Å². The Hall–Kier alpha value is -0.530. The number of hydrogen-bond donors (Lipinski definition) is 1. The van der Waals surface area contributed by atoms with Crippen molar-refractivity contribution in [1.29, 1.82) is 0 Å². The zero-order valence-electron chi connectivity index (χ0n) is 13.8. The predicted octanol–water partition coefficient (Wildman–Crippen LogP) is 5.25. The molecule has 0 aromatic rings. The molecule has 6 atom stereocenters. The van der Waals surface area contributed by atoms with Crippen molar-refractivity contribution >= 4 is 5.71 Å². The van der Waals surface area contributed by atoms with Gasteiger partial charge in [-0.1, -0.05) is 25.4 Å². The van der Waals surface area contributed by atoms with Gasteiger partial charge in [0.25, 0.3) is 0 Å². The van der Waals surface area contributed by atoms with Crippen molar-refractivity contribution in [1.82, 2.24) is 0 Å². The largest absolute Gasteiger partial charge is 0.411 e. The summed E-state index contributed by atoms with van der Waals surface area (Å²) in [5.41, 5.74) is 2.21. The molecular weight excluding hydrogens is 258 g/mol. The van der Waals surface area contributed by atoms with Crippen LogP contribution in [0.25, 0.3) is 0 Å². The number of nitrogens with zero attached hydrogens (tertiary/aromatic N) is 1. The first-order valence-electron chi connectivity index (χ1n) is 9.29. The molecule has 0 radical (unpaired) electrons. The number of rotatable bonds is 0. The average molecular weight is 289 g/mol. The maximum atomic E-state index is 9.42. The highest BCUT2D eigenvalue weighted by atomic mass is 16.4. The maximum Gasteiger partial charge on any atom is 0.0607 e. The second-order valence-corrected chi connectivity index (χ2v) is 9.04. The van der Waals surface area contributed by atoms with E-state index in [2.05, 4.69) is 19.0 Å². The van der Waals surface area contributed by atoms with E-state index in [1.807, 2.05) is 0 Å². The molecule has 0 saturated heterocycles. The van der Waals surface area contributed by atoms with Crippen LogP contribution in [-0.2, 0) is 0 Å². The Morgan fingerprint density at radius 2 is 1.81 bits per heavy atom. The SMILES string of the molecule is CC12CCCC1C1CCC3/C(=N/O)CCCC3(C)C1CC2. The Kier molecular flexibility index (Phi) is 3.17. The van der Waals surface area contributed by atoms with Gasteiger partial charge in [-0.3, -0.25) is 0 Å². The smallest absolute Gasteiger partial charge is 0.0607 e. The molecule has 4 fully saturated rings. The van der Waals surface area contributed by atoms with E-state index in [0.29, 0.717) is 16.7 Å². The van der Waals surface area contributed by atoms with Gasteiger partial charge in [-0.05, 0) is 86.4 Å². The van der Waals surface area contributed by atoms with E-state index in [-0.39, 0.29) is 0 Å². The lowest BCUT2D eigenvalue weighted by atomic mass is 9.45. The molecule has 0 aliphatic heterocycles. The van der Waals surface area contributed by atoms with Crippen LogP contribution in [-0.4, -0.2) is 10.9 Å². The van der Waals surface area contributed by atoms with E-state index in [0.717, 1.165) is 29.9 Å². The second-order valence-electron chi connectivity index (χ2n) is 9.04. The van der Waals surface area contributed by atoms with Crippen LogP contribution < -0.4 is 0 Å². The highest BCUT2D eigenvalue weighted by Crippen LogP contribution is 2.65. The van der Waals surface area contributed by atoms with Crippen molar-refractivity contribution in [3.8, 4) is 0 Å². The van der Waals surface area contributed by atoms with Gasteiger partial charge in [0.2, 0.25) is 0 Å². The Morgan fingerprint density at radius 1 is 0.952 bits per heavy atom. The zero-order chi connectivity index (χ0) is 14.7. The molecule has 0 aromatic heterocycles. The van der Waals surface area contributed by atoms with Gasteiger partial charge in [-0.25, -0.2) is 0 Å². The first-order valence-corrected chi connectivity index (χ1v) is 9.29. The van der Waals surface area contributed by atoms with Crippen LogP contribution >= 0.6 is 0 Å². The van der Waals surface area contributed by atoms with E-state index in [1.54, 1.807) is 0 Å². The summed E-state index contributed by atoms with van der Waals surface area (Å²) in [6.07, 6.45) is 13.6. The van der Waals surface area contributed by atoms with Gasteiger partial charge in [0.1, 0.15) is 0 Å². The van der Waals surface area contributed by atoms with Gasteiger partial charge in [0.05, 0.1) is 5.71 Å². The molecule has 21 heavy (non-hydrogen) atoms. The van der Waals surface area contributed by atoms with E-state index in [9.17, 15) is 5.21 Å². The van der Waals surface area contributed by atoms with Crippen LogP contribution in [0.3, 0.4) is 0 Å². The van der Waals surface area contributed by atoms with Crippen LogP contribution in [0, 0.1) is 34.5 Å². The molecule has 2 heteroatoms. The highest BCUT2D eigenvalue weighted by molar-refractivity contribution is 5.87. The van der Waals surface area contributed by atoms with Gasteiger partial charge in [-0.15, -0.1) is 0 Å². The van der Waals surface area contributed by atoms with Gasteiger partial charge >= 0.3 is 0 Å². The van der Waals surface area contributed by atoms with Crippen molar-refractivity contribution in [3.63, 3.8) is 0 Å². The highest BCUT2D eigenvalue weighted by Gasteiger charge is 2.58. The van der Waals surface area contributed by atoms with E-state index in [4.69, 9.17) is 0 Å². The fourth-order valence-electron chi connectivity index (χ4n) is 7.30. The van der Waals surface area contributed by atoms with Gasteiger partial charge in [-0.2, -0.15) is 0 Å². The van der Waals surface area contributed by atoms with E-state index in [1.165, 1.54) is 57.8 Å². The molecule has 118 valence electrons. The molecule has 4 saturated carbocycles. The third-order valence-electron chi connectivity index (χ3n) is 8.33. The van der Waals surface area contributed by atoms with Gasteiger partial charge in [0.15, 0.2) is 0 Å². The minimum Gasteiger partial charge on any atom is -0.411 e. The topological polar surface area (TPSA) is 32.6 Å². The van der Waals surface area contributed by atoms with Crippen LogP contribution in [0.4, 0.5) is 0 Å². The molecule has 4 rings (SSSR count). The fourth-order valence-corrected chi connectivity index (χ4v) is 7.30. The summed E-state index contributed by atoms with van der Waals surface area (Å²) in [6, 6.07) is 0. The Morgan fingerprint density at radius 3 is 2.62 bits per heavy atom. The monoisotopic (exact) mass is 289 g/mol. The lowest BCUT2D eigenvalue weighted by molar-refractivity contribution is -0.0795. The normalized spacial score (nSPS) is 54.9. The summed E-state index contributed by atoms with van der Waals surface area (Å²) in [4.78, 5) is 0. The Bertz CT molecular complexity index is 458. The van der Waals surface area contributed by atoms with Crippen LogP contribution in [0.5, 0.6) is 0 Å². The van der Waals surface area contributed by atoms with E-state index < -0.39 is 0 Å². The first-order chi connectivity index (χ1) is 10.1. The molecule has 6 unspecified atom stereocenters. The van der Waals surface area contributed by atoms with Gasteiger partial charge < -0.3 is 5.21 Å². The summed E-state index contributed by atoms with van der Waals surface area (Å²) in [5.74, 6) is 3.42. The molecule has 4 aliphatic rings. The summed E-state index contributed by atoms with van der Waals surface area (Å²) in [6.45, 7) is 5.12. The molecule has 0 bridgehead atoms. The number of hydrogen-bond acceptors (Lipinski definition) is 2. The summed E-state index contributed by atoms with van der Waals surface area (Å²) in [7, 11) is 0. The van der Waals surface area contributed by atoms with Crippen LogP contribution in [0.15, 0.2) is 5.16 Å². The summed E-state index contributed by atoms with van der Waals surface area (Å²) < 4.78 is 0. The minimum absolute atomic E-state index is 0.423. The van der Waals surface area contributed by atoms with Crippen molar-refractivity contribution in [2.24, 2.45) is 39.7 Å². The van der Waals surface area contributed by atoms with Gasteiger partial charge in [0, 0.05) is 5.92 Å². The maximum absolute atomic E-state index is 9.42. The molecule has 4 aliphatic carbocycles. The summed E-state index contributed by atoms with van der Waals surface area (Å²) >= 11 is 0. The Labute approximate surface area is 129 Å². The predicted molar refractivity (Wildman–Crippen MR) is 85.6 cm³/mol. The lowest BCUT2D eigenvalue weighted by Gasteiger charge is -2.59. The third kappa shape index (κ3) is 1.86. The standard InChI is InChI=1S/C19H31NO/c1-18-10-3-5-14(18)13-7-8-16-17(20-21)6-4-11-19(16,2)15(13)9-12-18/h13-16,21H,3-12H2,1-2H3/b20-17+. The second kappa shape index (κ2) is 4.73. The first kappa shape index (κ1) is 14.1. The van der Waals surface area contributed by atoms with Crippen molar-refractivity contribution in [2.75, 3.05) is 0 Å². The molecule has 0 spiro atoms. The van der Waals surface area contributed by atoms with E-state index >= 15 is 0 Å². The van der Waals surface area contributed by atoms with Crippen molar-refractivity contribution in [3.05, 3.63) is 0 Å². The number of fused-ring (bicyclic) bond motifs is 5. The molecule has 0 aromatic carbocycles. The zero-order valence-corrected chi connectivity index (χ0v) is 13.8. The molecule has 1 N–H and O–H groups in total. The number of oxime groups is 1. The third-order valence-corrected chi connectivity index (χ3v) is 8.33. The lowest BCUT2D eigenvalue weighted by Crippen LogP contribution is -2.54. The Balaban J connectivity index is 1.67. The van der Waals surface area contributed by atoms with Crippen LogP contribution in [0.2, 0.25) is 0 Å². The quantitative estimate of drug-likeness (QED) is 0.479. The molecule has 0 amide bonds. The summed E-state index contributed by atoms with van der Waals surface area (Å²) in [5, 5.41) is 13.1. The molecular formula is C19H31NO. The molecule has 0 heterocycles. The van der Waals surface area contributed by atoms with Crippen molar-refractivity contribution < 1.29 is 5.21 Å². The fraction of sp³-hybridized carbons (Fsp3) is 0.947. The molecule has 2 nitrogen and oxygen atoms in total. The average Bonchev–Trinajstić information content (AvgIpc) is 2.87. The minimum atomic E-state index is 0.423. The van der Waals surface area contributed by atoms with Crippen LogP contribution in [0.1, 0.15) is 78.1 Å².